The van der Waals surface area contributed by atoms with E-state index in [1.54, 1.807) is 37.3 Å². The molecule has 162 valence electrons. The van der Waals surface area contributed by atoms with E-state index in [9.17, 15) is 9.59 Å². The van der Waals surface area contributed by atoms with Crippen LogP contribution in [0.15, 0.2) is 53.8 Å². The maximum Gasteiger partial charge on any atom is 0.253 e. The van der Waals surface area contributed by atoms with Crippen LogP contribution >= 0.6 is 24.0 Å². The number of nitrogens with zero attached hydrogens (tertiary/aromatic N) is 3. The molecule has 2 amide bonds. The molecular formula is C21H29IN6O2. The lowest BCUT2D eigenvalue weighted by molar-refractivity contribution is 0.0827. The number of hydrogen-bond acceptors (Lipinski definition) is 4. The van der Waals surface area contributed by atoms with Crippen molar-refractivity contribution in [3.05, 3.63) is 65.5 Å². The number of benzene rings is 1. The molecule has 8 nitrogen and oxygen atoms in total. The van der Waals surface area contributed by atoms with Crippen LogP contribution < -0.4 is 16.0 Å². The Morgan fingerprint density at radius 2 is 1.70 bits per heavy atom. The third-order valence-corrected chi connectivity index (χ3v) is 4.00. The van der Waals surface area contributed by atoms with Gasteiger partial charge in [0.05, 0.1) is 12.1 Å². The zero-order valence-corrected chi connectivity index (χ0v) is 19.8. The summed E-state index contributed by atoms with van der Waals surface area (Å²) in [6.45, 7) is 4.19. The number of aromatic nitrogens is 1. The molecule has 0 aliphatic rings. The third-order valence-electron chi connectivity index (χ3n) is 4.00. The van der Waals surface area contributed by atoms with Gasteiger partial charge < -0.3 is 20.9 Å². The van der Waals surface area contributed by atoms with Crippen LogP contribution in [0.4, 0.5) is 0 Å². The lowest BCUT2D eigenvalue weighted by Crippen LogP contribution is -2.41. The Hall–Kier alpha value is -2.69. The van der Waals surface area contributed by atoms with E-state index < -0.39 is 0 Å². The maximum absolute atomic E-state index is 12.0. The first-order valence-corrected chi connectivity index (χ1v) is 9.52. The van der Waals surface area contributed by atoms with Gasteiger partial charge in [0.1, 0.15) is 0 Å². The summed E-state index contributed by atoms with van der Waals surface area (Å²) < 4.78 is 0. The Morgan fingerprint density at radius 1 is 1.00 bits per heavy atom. The number of hydrogen-bond donors (Lipinski definition) is 3. The van der Waals surface area contributed by atoms with E-state index in [1.165, 1.54) is 6.20 Å². The van der Waals surface area contributed by atoms with E-state index in [-0.39, 0.29) is 35.8 Å². The van der Waals surface area contributed by atoms with Gasteiger partial charge in [-0.2, -0.15) is 0 Å². The van der Waals surface area contributed by atoms with E-state index >= 15 is 0 Å². The van der Waals surface area contributed by atoms with Crippen LogP contribution in [0.5, 0.6) is 0 Å². The molecule has 0 aliphatic carbocycles. The monoisotopic (exact) mass is 524 g/mol. The van der Waals surface area contributed by atoms with Gasteiger partial charge in [-0.3, -0.25) is 14.6 Å². The molecule has 1 aromatic carbocycles. The Balaban J connectivity index is 0.00000450. The molecular weight excluding hydrogens is 495 g/mol. The molecule has 0 atom stereocenters. The van der Waals surface area contributed by atoms with Crippen molar-refractivity contribution in [1.82, 2.24) is 25.8 Å². The highest BCUT2D eigenvalue weighted by Gasteiger charge is 2.07. The fraction of sp³-hybridized carbons (Fsp3) is 0.333. The van der Waals surface area contributed by atoms with Crippen LogP contribution in [0.25, 0.3) is 0 Å². The van der Waals surface area contributed by atoms with Crippen molar-refractivity contribution >= 4 is 41.8 Å². The van der Waals surface area contributed by atoms with Gasteiger partial charge in [-0.25, -0.2) is 4.99 Å². The van der Waals surface area contributed by atoms with E-state index in [1.807, 2.05) is 31.2 Å². The third kappa shape index (κ3) is 8.36. The van der Waals surface area contributed by atoms with E-state index in [0.717, 1.165) is 12.1 Å². The molecule has 30 heavy (non-hydrogen) atoms. The van der Waals surface area contributed by atoms with E-state index in [0.29, 0.717) is 36.7 Å². The first-order valence-electron chi connectivity index (χ1n) is 9.52. The Morgan fingerprint density at radius 3 is 2.30 bits per heavy atom. The molecule has 0 saturated carbocycles. The summed E-state index contributed by atoms with van der Waals surface area (Å²) in [6.07, 6.45) is 3.16. The van der Waals surface area contributed by atoms with Crippen LogP contribution in [0, 0.1) is 0 Å². The van der Waals surface area contributed by atoms with Gasteiger partial charge in [-0.1, -0.05) is 12.1 Å². The number of nitrogens with one attached hydrogen (secondary N) is 3. The smallest absolute Gasteiger partial charge is 0.253 e. The molecule has 0 aliphatic heterocycles. The molecule has 9 heteroatoms. The number of rotatable bonds is 8. The molecule has 1 aromatic heterocycles. The zero-order valence-electron chi connectivity index (χ0n) is 17.5. The van der Waals surface area contributed by atoms with Crippen molar-refractivity contribution in [3.63, 3.8) is 0 Å². The van der Waals surface area contributed by atoms with Crippen molar-refractivity contribution in [3.8, 4) is 0 Å². The Bertz CT molecular complexity index is 825. The SMILES string of the molecule is CCNC(=NCc1ccc(C(=O)N(C)C)cc1)NCCNC(=O)c1cccnc1.I. The fourth-order valence-electron chi connectivity index (χ4n) is 2.48. The van der Waals surface area contributed by atoms with Crippen molar-refractivity contribution < 1.29 is 9.59 Å². The van der Waals surface area contributed by atoms with E-state index in [2.05, 4.69) is 25.9 Å². The van der Waals surface area contributed by atoms with Crippen LogP contribution in [-0.2, 0) is 6.54 Å². The minimum absolute atomic E-state index is 0. The van der Waals surface area contributed by atoms with Crippen LogP contribution in [0.3, 0.4) is 0 Å². The highest BCUT2D eigenvalue weighted by atomic mass is 127. The molecule has 1 heterocycles. The molecule has 0 spiro atoms. The second-order valence-electron chi connectivity index (χ2n) is 6.52. The van der Waals surface area contributed by atoms with Crippen molar-refractivity contribution in [2.75, 3.05) is 33.7 Å². The van der Waals surface area contributed by atoms with Gasteiger partial charge in [0, 0.05) is 51.7 Å². The van der Waals surface area contributed by atoms with Gasteiger partial charge in [0.15, 0.2) is 5.96 Å². The molecule has 0 radical (unpaired) electrons. The second-order valence-corrected chi connectivity index (χ2v) is 6.52. The summed E-state index contributed by atoms with van der Waals surface area (Å²) in [5.41, 5.74) is 2.18. The summed E-state index contributed by atoms with van der Waals surface area (Å²) in [5, 5.41) is 9.20. The zero-order chi connectivity index (χ0) is 21.1. The minimum atomic E-state index is -0.158. The first kappa shape index (κ1) is 25.3. The highest BCUT2D eigenvalue weighted by Crippen LogP contribution is 2.07. The van der Waals surface area contributed by atoms with Crippen LogP contribution in [-0.4, -0.2) is 61.4 Å². The van der Waals surface area contributed by atoms with Gasteiger partial charge in [0.25, 0.3) is 11.8 Å². The van der Waals surface area contributed by atoms with Crippen molar-refractivity contribution in [2.45, 2.75) is 13.5 Å². The number of aliphatic imine (C=N–C) groups is 1. The number of amides is 2. The van der Waals surface area contributed by atoms with Crippen LogP contribution in [0.2, 0.25) is 0 Å². The highest BCUT2D eigenvalue weighted by molar-refractivity contribution is 14.0. The average Bonchev–Trinajstić information content (AvgIpc) is 2.75. The van der Waals surface area contributed by atoms with Crippen molar-refractivity contribution in [2.24, 2.45) is 4.99 Å². The second kappa shape index (κ2) is 13.5. The van der Waals surface area contributed by atoms with Crippen molar-refractivity contribution in [1.29, 1.82) is 0 Å². The summed E-state index contributed by atoms with van der Waals surface area (Å²) in [6, 6.07) is 10.9. The molecule has 0 bridgehead atoms. The summed E-state index contributed by atoms with van der Waals surface area (Å²) in [4.78, 5) is 34.0. The normalized spacial score (nSPS) is 10.6. The Labute approximate surface area is 194 Å². The molecule has 0 saturated heterocycles. The molecule has 0 unspecified atom stereocenters. The topological polar surface area (TPSA) is 98.7 Å². The summed E-state index contributed by atoms with van der Waals surface area (Å²) in [7, 11) is 3.46. The van der Waals surface area contributed by atoms with Gasteiger partial charge in [0.2, 0.25) is 0 Å². The summed E-state index contributed by atoms with van der Waals surface area (Å²) in [5.74, 6) is 0.481. The maximum atomic E-state index is 12.0. The summed E-state index contributed by atoms with van der Waals surface area (Å²) >= 11 is 0. The minimum Gasteiger partial charge on any atom is -0.357 e. The number of halogens is 1. The molecule has 2 aromatic rings. The largest absolute Gasteiger partial charge is 0.357 e. The predicted octanol–water partition coefficient (Wildman–Crippen LogP) is 1.89. The quantitative estimate of drug-likeness (QED) is 0.212. The van der Waals surface area contributed by atoms with Gasteiger partial charge >= 0.3 is 0 Å². The molecule has 2 rings (SSSR count). The first-order chi connectivity index (χ1) is 14.0. The fourth-order valence-corrected chi connectivity index (χ4v) is 2.48. The number of pyridine rings is 1. The van der Waals surface area contributed by atoms with Crippen LogP contribution in [0.1, 0.15) is 33.2 Å². The average molecular weight is 524 g/mol. The van der Waals surface area contributed by atoms with Gasteiger partial charge in [-0.15, -0.1) is 24.0 Å². The van der Waals surface area contributed by atoms with E-state index in [4.69, 9.17) is 0 Å². The number of carbonyl (C=O) groups is 2. The standard InChI is InChI=1S/C21H28N6O2.HI/c1-4-23-21(25-13-12-24-19(28)18-6-5-11-22-15-18)26-14-16-7-9-17(10-8-16)20(29)27(2)3;/h5-11,15H,4,12-14H2,1-3H3,(H,24,28)(H2,23,25,26);1H. The lowest BCUT2D eigenvalue weighted by atomic mass is 10.1. The molecule has 0 fully saturated rings. The van der Waals surface area contributed by atoms with Gasteiger partial charge in [-0.05, 0) is 36.8 Å². The number of guanidine groups is 1. The predicted molar refractivity (Wildman–Crippen MR) is 129 cm³/mol. The number of carbonyl (C=O) groups excluding carboxylic acids is 2. The lowest BCUT2D eigenvalue weighted by Gasteiger charge is -2.12. The molecule has 3 N–H and O–H groups in total. The Kier molecular flexibility index (Phi) is 11.4.